The Morgan fingerprint density at radius 2 is 1.92 bits per heavy atom. The van der Waals surface area contributed by atoms with Crippen LogP contribution in [0, 0.1) is 0 Å². The van der Waals surface area contributed by atoms with Crippen LogP contribution in [0.15, 0.2) is 36.4 Å². The summed E-state index contributed by atoms with van der Waals surface area (Å²) in [5.74, 6) is 0. The summed E-state index contributed by atoms with van der Waals surface area (Å²) in [6, 6.07) is 12.8. The second-order valence-electron chi connectivity index (χ2n) is 3.30. The lowest BCUT2D eigenvalue weighted by molar-refractivity contribution is 0.860. The van der Waals surface area contributed by atoms with Crippen molar-refractivity contribution in [2.45, 2.75) is 6.54 Å². The van der Waals surface area contributed by atoms with Gasteiger partial charge in [-0.2, -0.15) is 0 Å². The fraction of sp³-hybridized carbons (Fsp3) is 0.0909. The van der Waals surface area contributed by atoms with Crippen LogP contribution in [0.4, 0.5) is 5.69 Å². The minimum absolute atomic E-state index is 0.917. The second-order valence-corrected chi connectivity index (χ2v) is 3.30. The van der Waals surface area contributed by atoms with Crippen molar-refractivity contribution < 1.29 is 0 Å². The van der Waals surface area contributed by atoms with Crippen LogP contribution >= 0.6 is 0 Å². The molecule has 0 fully saturated rings. The molecule has 1 aliphatic rings. The predicted molar refractivity (Wildman–Crippen MR) is 54.4 cm³/mol. The second kappa shape index (κ2) is 2.47. The first-order valence-electron chi connectivity index (χ1n) is 4.45. The molecular formula is C11H10N2. The van der Waals surface area contributed by atoms with E-state index in [1.807, 2.05) is 0 Å². The van der Waals surface area contributed by atoms with Crippen LogP contribution in [0.1, 0.15) is 5.56 Å². The minimum Gasteiger partial charge on any atom is -0.320 e. The minimum atomic E-state index is 0.917. The molecule has 0 bridgehead atoms. The third kappa shape index (κ3) is 0.924. The number of fused-ring (bicyclic) bond motifs is 3. The van der Waals surface area contributed by atoms with Gasteiger partial charge in [-0.3, -0.25) is 0 Å². The average molecular weight is 170 g/mol. The number of nitrogens with one attached hydrogen (secondary N) is 2. The number of hydrogen-bond acceptors (Lipinski definition) is 2. The van der Waals surface area contributed by atoms with Crippen LogP contribution in [-0.2, 0) is 6.54 Å². The molecule has 0 aliphatic carbocycles. The zero-order valence-electron chi connectivity index (χ0n) is 7.17. The molecule has 0 saturated heterocycles. The molecule has 0 radical (unpaired) electrons. The molecule has 0 amide bonds. The highest BCUT2D eigenvalue weighted by Crippen LogP contribution is 2.29. The Kier molecular flexibility index (Phi) is 1.32. The Balaban J connectivity index is 2.43. The van der Waals surface area contributed by atoms with Gasteiger partial charge in [0.1, 0.15) is 0 Å². The van der Waals surface area contributed by atoms with Gasteiger partial charge in [0, 0.05) is 11.9 Å². The Morgan fingerprint density at radius 1 is 1.00 bits per heavy atom. The van der Waals surface area contributed by atoms with Crippen molar-refractivity contribution in [1.82, 2.24) is 5.43 Å². The van der Waals surface area contributed by atoms with E-state index >= 15 is 0 Å². The fourth-order valence-electron chi connectivity index (χ4n) is 1.84. The lowest BCUT2D eigenvalue weighted by Crippen LogP contribution is -2.11. The molecule has 1 heterocycles. The summed E-state index contributed by atoms with van der Waals surface area (Å²) >= 11 is 0. The summed E-state index contributed by atoms with van der Waals surface area (Å²) in [6.07, 6.45) is 0. The zero-order valence-corrected chi connectivity index (χ0v) is 7.17. The van der Waals surface area contributed by atoms with Crippen molar-refractivity contribution in [3.63, 3.8) is 0 Å². The predicted octanol–water partition coefficient (Wildman–Crippen LogP) is 2.27. The molecule has 0 spiro atoms. The van der Waals surface area contributed by atoms with Gasteiger partial charge >= 0.3 is 0 Å². The van der Waals surface area contributed by atoms with Crippen molar-refractivity contribution in [1.29, 1.82) is 0 Å². The molecule has 0 saturated carbocycles. The van der Waals surface area contributed by atoms with E-state index in [0.717, 1.165) is 6.54 Å². The van der Waals surface area contributed by atoms with Crippen LogP contribution in [0.3, 0.4) is 0 Å². The molecule has 64 valence electrons. The van der Waals surface area contributed by atoms with E-state index in [-0.39, 0.29) is 0 Å². The normalized spacial score (nSPS) is 14.2. The van der Waals surface area contributed by atoms with E-state index < -0.39 is 0 Å². The van der Waals surface area contributed by atoms with Gasteiger partial charge in [0.15, 0.2) is 0 Å². The number of anilines is 1. The third-order valence-corrected chi connectivity index (χ3v) is 2.51. The molecule has 2 aromatic rings. The molecule has 0 unspecified atom stereocenters. The molecule has 13 heavy (non-hydrogen) atoms. The first-order valence-corrected chi connectivity index (χ1v) is 4.45. The number of hydrogen-bond donors (Lipinski definition) is 2. The monoisotopic (exact) mass is 170 g/mol. The quantitative estimate of drug-likeness (QED) is 0.633. The SMILES string of the molecule is c1ccc2c3c(ccc2c1)CNN3. The molecule has 2 nitrogen and oxygen atoms in total. The zero-order chi connectivity index (χ0) is 8.67. The topological polar surface area (TPSA) is 24.1 Å². The molecule has 2 heteroatoms. The Morgan fingerprint density at radius 3 is 2.92 bits per heavy atom. The highest BCUT2D eigenvalue weighted by molar-refractivity contribution is 5.95. The van der Waals surface area contributed by atoms with E-state index in [1.165, 1.54) is 22.0 Å². The van der Waals surface area contributed by atoms with Gasteiger partial charge in [0.05, 0.1) is 5.69 Å². The molecule has 2 N–H and O–H groups in total. The lowest BCUT2D eigenvalue weighted by atomic mass is 10.1. The van der Waals surface area contributed by atoms with Crippen LogP contribution in [-0.4, -0.2) is 0 Å². The van der Waals surface area contributed by atoms with Crippen LogP contribution in [0.5, 0.6) is 0 Å². The van der Waals surface area contributed by atoms with Crippen molar-refractivity contribution in [2.24, 2.45) is 0 Å². The van der Waals surface area contributed by atoms with E-state index in [1.54, 1.807) is 0 Å². The lowest BCUT2D eigenvalue weighted by Gasteiger charge is -2.03. The molecule has 1 aliphatic heterocycles. The standard InChI is InChI=1S/C11H10N2/c1-2-4-10-8(3-1)5-6-9-7-12-13-11(9)10/h1-6,12-13H,7H2. The highest BCUT2D eigenvalue weighted by Gasteiger charge is 2.11. The number of rotatable bonds is 0. The summed E-state index contributed by atoms with van der Waals surface area (Å²) in [6.45, 7) is 0.917. The van der Waals surface area contributed by atoms with Gasteiger partial charge in [-0.1, -0.05) is 36.4 Å². The van der Waals surface area contributed by atoms with Gasteiger partial charge < -0.3 is 5.43 Å². The third-order valence-electron chi connectivity index (χ3n) is 2.51. The Hall–Kier alpha value is -1.54. The smallest absolute Gasteiger partial charge is 0.0611 e. The molecular weight excluding hydrogens is 160 g/mol. The molecule has 0 atom stereocenters. The summed E-state index contributed by atoms with van der Waals surface area (Å²) in [4.78, 5) is 0. The maximum Gasteiger partial charge on any atom is 0.0611 e. The van der Waals surface area contributed by atoms with E-state index in [2.05, 4.69) is 47.2 Å². The summed E-state index contributed by atoms with van der Waals surface area (Å²) in [7, 11) is 0. The molecule has 3 rings (SSSR count). The number of hydrazine groups is 1. The molecule has 2 aromatic carbocycles. The van der Waals surface area contributed by atoms with E-state index in [4.69, 9.17) is 0 Å². The van der Waals surface area contributed by atoms with Crippen molar-refractivity contribution >= 4 is 16.5 Å². The van der Waals surface area contributed by atoms with E-state index in [0.29, 0.717) is 0 Å². The van der Waals surface area contributed by atoms with Gasteiger partial charge in [-0.15, -0.1) is 0 Å². The largest absolute Gasteiger partial charge is 0.320 e. The average Bonchev–Trinajstić information content (AvgIpc) is 2.65. The Labute approximate surface area is 76.5 Å². The van der Waals surface area contributed by atoms with Gasteiger partial charge in [-0.05, 0) is 10.9 Å². The first kappa shape index (κ1) is 6.92. The first-order chi connectivity index (χ1) is 6.45. The van der Waals surface area contributed by atoms with Crippen LogP contribution < -0.4 is 10.9 Å². The van der Waals surface area contributed by atoms with Gasteiger partial charge in [0.2, 0.25) is 0 Å². The highest BCUT2D eigenvalue weighted by atomic mass is 15.4. The Bertz CT molecular complexity index is 463. The van der Waals surface area contributed by atoms with Crippen molar-refractivity contribution in [3.8, 4) is 0 Å². The van der Waals surface area contributed by atoms with E-state index in [9.17, 15) is 0 Å². The summed E-state index contributed by atoms with van der Waals surface area (Å²) in [5.41, 5.74) is 8.90. The van der Waals surface area contributed by atoms with Gasteiger partial charge in [0.25, 0.3) is 0 Å². The molecule has 0 aromatic heterocycles. The van der Waals surface area contributed by atoms with Crippen molar-refractivity contribution in [3.05, 3.63) is 42.0 Å². The fourth-order valence-corrected chi connectivity index (χ4v) is 1.84. The maximum atomic E-state index is 3.19. The number of benzene rings is 2. The summed E-state index contributed by atoms with van der Waals surface area (Å²) < 4.78 is 0. The van der Waals surface area contributed by atoms with Gasteiger partial charge in [-0.25, -0.2) is 5.43 Å². The maximum absolute atomic E-state index is 3.19. The van der Waals surface area contributed by atoms with Crippen LogP contribution in [0.2, 0.25) is 0 Å². The van der Waals surface area contributed by atoms with Crippen molar-refractivity contribution in [2.75, 3.05) is 5.43 Å². The summed E-state index contributed by atoms with van der Waals surface area (Å²) in [5, 5.41) is 2.59. The van der Waals surface area contributed by atoms with Crippen LogP contribution in [0.25, 0.3) is 10.8 Å².